The van der Waals surface area contributed by atoms with E-state index in [-0.39, 0.29) is 0 Å². The molecule has 1 aliphatic rings. The third-order valence-corrected chi connectivity index (χ3v) is 3.43. The molecule has 1 atom stereocenters. The molecule has 1 aromatic rings. The van der Waals surface area contributed by atoms with Gasteiger partial charge in [-0.2, -0.15) is 0 Å². The van der Waals surface area contributed by atoms with Crippen molar-refractivity contribution in [3.05, 3.63) is 35.4 Å². The molecule has 1 aromatic carbocycles. The van der Waals surface area contributed by atoms with Gasteiger partial charge in [-0.15, -0.1) is 0 Å². The maximum Gasteiger partial charge on any atom is 0.104 e. The van der Waals surface area contributed by atoms with E-state index in [9.17, 15) is 0 Å². The van der Waals surface area contributed by atoms with E-state index in [0.717, 1.165) is 38.2 Å². The number of benzene rings is 1. The Morgan fingerprint density at radius 2 is 2.28 bits per heavy atom. The van der Waals surface area contributed by atoms with Gasteiger partial charge in [-0.05, 0) is 18.9 Å². The smallest absolute Gasteiger partial charge is 0.104 e. The van der Waals surface area contributed by atoms with E-state index < -0.39 is 0 Å². The molecule has 18 heavy (non-hydrogen) atoms. The van der Waals surface area contributed by atoms with Gasteiger partial charge in [0.25, 0.3) is 0 Å². The SMILES string of the molecule is CC1CN(Cc2ccccc2C(N)=S)CCCO1. The monoisotopic (exact) mass is 264 g/mol. The fourth-order valence-electron chi connectivity index (χ4n) is 2.36. The lowest BCUT2D eigenvalue weighted by molar-refractivity contribution is 0.0668. The first-order valence-corrected chi connectivity index (χ1v) is 6.79. The van der Waals surface area contributed by atoms with Crippen LogP contribution in [0.1, 0.15) is 24.5 Å². The minimum absolute atomic E-state index is 0.296. The summed E-state index contributed by atoms with van der Waals surface area (Å²) < 4.78 is 5.66. The van der Waals surface area contributed by atoms with Crippen LogP contribution in [0.4, 0.5) is 0 Å². The molecule has 2 rings (SSSR count). The molecule has 1 heterocycles. The Morgan fingerprint density at radius 1 is 1.50 bits per heavy atom. The number of hydrogen-bond donors (Lipinski definition) is 1. The molecule has 0 aromatic heterocycles. The number of nitrogens with zero attached hydrogens (tertiary/aromatic N) is 1. The van der Waals surface area contributed by atoms with E-state index in [1.54, 1.807) is 0 Å². The minimum Gasteiger partial charge on any atom is -0.389 e. The molecule has 0 saturated carbocycles. The normalized spacial score (nSPS) is 21.5. The van der Waals surface area contributed by atoms with Gasteiger partial charge in [-0.3, -0.25) is 4.90 Å². The van der Waals surface area contributed by atoms with Gasteiger partial charge in [0.05, 0.1) is 6.10 Å². The largest absolute Gasteiger partial charge is 0.389 e. The molecule has 1 saturated heterocycles. The van der Waals surface area contributed by atoms with Crippen LogP contribution in [0.15, 0.2) is 24.3 Å². The highest BCUT2D eigenvalue weighted by Crippen LogP contribution is 2.14. The van der Waals surface area contributed by atoms with Gasteiger partial charge < -0.3 is 10.5 Å². The summed E-state index contributed by atoms with van der Waals surface area (Å²) in [4.78, 5) is 2.89. The summed E-state index contributed by atoms with van der Waals surface area (Å²) in [7, 11) is 0. The van der Waals surface area contributed by atoms with E-state index in [1.807, 2.05) is 18.2 Å². The molecule has 98 valence electrons. The number of ether oxygens (including phenoxy) is 1. The van der Waals surface area contributed by atoms with Gasteiger partial charge in [0.15, 0.2) is 0 Å². The molecule has 4 heteroatoms. The highest BCUT2D eigenvalue weighted by Gasteiger charge is 2.16. The van der Waals surface area contributed by atoms with Crippen LogP contribution >= 0.6 is 12.2 Å². The van der Waals surface area contributed by atoms with Crippen molar-refractivity contribution >= 4 is 17.2 Å². The second kappa shape index (κ2) is 6.27. The van der Waals surface area contributed by atoms with Gasteiger partial charge in [-0.25, -0.2) is 0 Å². The fraction of sp³-hybridized carbons (Fsp3) is 0.500. The molecule has 0 aliphatic carbocycles. The molecular weight excluding hydrogens is 244 g/mol. The first-order chi connectivity index (χ1) is 8.66. The molecule has 0 bridgehead atoms. The predicted molar refractivity (Wildman–Crippen MR) is 77.6 cm³/mol. The summed E-state index contributed by atoms with van der Waals surface area (Å²) in [5, 5.41) is 0. The van der Waals surface area contributed by atoms with Crippen molar-refractivity contribution in [2.45, 2.75) is 26.0 Å². The Labute approximate surface area is 114 Å². The van der Waals surface area contributed by atoms with Crippen molar-refractivity contribution in [3.63, 3.8) is 0 Å². The zero-order chi connectivity index (χ0) is 13.0. The zero-order valence-electron chi connectivity index (χ0n) is 10.8. The first kappa shape index (κ1) is 13.5. The molecular formula is C14H20N2OS. The van der Waals surface area contributed by atoms with Crippen LogP contribution in [0.3, 0.4) is 0 Å². The van der Waals surface area contributed by atoms with Crippen LogP contribution in [0.5, 0.6) is 0 Å². The average molecular weight is 264 g/mol. The van der Waals surface area contributed by atoms with Gasteiger partial charge in [0, 0.05) is 31.8 Å². The van der Waals surface area contributed by atoms with Crippen molar-refractivity contribution < 1.29 is 4.74 Å². The van der Waals surface area contributed by atoms with Crippen molar-refractivity contribution in [1.82, 2.24) is 4.90 Å². The van der Waals surface area contributed by atoms with Crippen molar-refractivity contribution in [2.24, 2.45) is 5.73 Å². The Balaban J connectivity index is 2.10. The standard InChI is InChI=1S/C14H20N2OS/c1-11-9-16(7-4-8-17-11)10-12-5-2-3-6-13(12)14(15)18/h2-3,5-6,11H,4,7-10H2,1H3,(H2,15,18). The van der Waals surface area contributed by atoms with E-state index in [1.165, 1.54) is 5.56 Å². The maximum absolute atomic E-state index is 5.77. The summed E-state index contributed by atoms with van der Waals surface area (Å²) in [5.74, 6) is 0. The van der Waals surface area contributed by atoms with Gasteiger partial charge >= 0.3 is 0 Å². The van der Waals surface area contributed by atoms with Crippen molar-refractivity contribution in [1.29, 1.82) is 0 Å². The number of hydrogen-bond acceptors (Lipinski definition) is 3. The lowest BCUT2D eigenvalue weighted by Crippen LogP contribution is -2.30. The van der Waals surface area contributed by atoms with E-state index >= 15 is 0 Å². The second-order valence-electron chi connectivity index (χ2n) is 4.79. The van der Waals surface area contributed by atoms with E-state index in [2.05, 4.69) is 17.9 Å². The van der Waals surface area contributed by atoms with Crippen LogP contribution < -0.4 is 5.73 Å². The Hall–Kier alpha value is -0.970. The Kier molecular flexibility index (Phi) is 4.69. The highest BCUT2D eigenvalue weighted by atomic mass is 32.1. The third-order valence-electron chi connectivity index (χ3n) is 3.21. The predicted octanol–water partition coefficient (Wildman–Crippen LogP) is 1.93. The highest BCUT2D eigenvalue weighted by molar-refractivity contribution is 7.80. The zero-order valence-corrected chi connectivity index (χ0v) is 11.6. The Bertz CT molecular complexity index is 422. The van der Waals surface area contributed by atoms with Gasteiger partial charge in [-0.1, -0.05) is 36.5 Å². The van der Waals surface area contributed by atoms with Gasteiger partial charge in [0.2, 0.25) is 0 Å². The number of nitrogens with two attached hydrogens (primary N) is 1. The topological polar surface area (TPSA) is 38.5 Å². The van der Waals surface area contributed by atoms with Crippen LogP contribution in [0.25, 0.3) is 0 Å². The molecule has 0 amide bonds. The lowest BCUT2D eigenvalue weighted by atomic mass is 10.1. The van der Waals surface area contributed by atoms with Crippen LogP contribution in [-0.4, -0.2) is 35.7 Å². The molecule has 0 spiro atoms. The fourth-order valence-corrected chi connectivity index (χ4v) is 2.56. The average Bonchev–Trinajstić information content (AvgIpc) is 2.54. The number of rotatable bonds is 3. The summed E-state index contributed by atoms with van der Waals surface area (Å²) in [6, 6.07) is 8.11. The van der Waals surface area contributed by atoms with Crippen LogP contribution in [-0.2, 0) is 11.3 Å². The minimum atomic E-state index is 0.296. The van der Waals surface area contributed by atoms with Crippen molar-refractivity contribution in [2.75, 3.05) is 19.7 Å². The van der Waals surface area contributed by atoms with Crippen LogP contribution in [0.2, 0.25) is 0 Å². The molecule has 1 unspecified atom stereocenters. The summed E-state index contributed by atoms with van der Waals surface area (Å²) in [6.07, 6.45) is 1.38. The quantitative estimate of drug-likeness (QED) is 0.847. The summed E-state index contributed by atoms with van der Waals surface area (Å²) in [6.45, 7) is 5.90. The molecule has 0 radical (unpaired) electrons. The third kappa shape index (κ3) is 3.51. The number of thiocarbonyl (C=S) groups is 1. The lowest BCUT2D eigenvalue weighted by Gasteiger charge is -2.22. The molecule has 1 fully saturated rings. The van der Waals surface area contributed by atoms with E-state index in [0.29, 0.717) is 11.1 Å². The Morgan fingerprint density at radius 3 is 3.06 bits per heavy atom. The summed E-state index contributed by atoms with van der Waals surface area (Å²) >= 11 is 5.10. The molecule has 1 aliphatic heterocycles. The van der Waals surface area contributed by atoms with E-state index in [4.69, 9.17) is 22.7 Å². The second-order valence-corrected chi connectivity index (χ2v) is 5.23. The van der Waals surface area contributed by atoms with Crippen molar-refractivity contribution in [3.8, 4) is 0 Å². The first-order valence-electron chi connectivity index (χ1n) is 6.38. The summed E-state index contributed by atoms with van der Waals surface area (Å²) in [5.41, 5.74) is 7.96. The van der Waals surface area contributed by atoms with Crippen LogP contribution in [0, 0.1) is 0 Å². The molecule has 2 N–H and O–H groups in total. The molecule has 3 nitrogen and oxygen atoms in total. The van der Waals surface area contributed by atoms with Gasteiger partial charge in [0.1, 0.15) is 4.99 Å². The maximum atomic E-state index is 5.77.